The number of hydrogen-bond acceptors (Lipinski definition) is 6. The van der Waals surface area contributed by atoms with Crippen molar-refractivity contribution in [3.05, 3.63) is 33.3 Å². The highest BCUT2D eigenvalue weighted by Crippen LogP contribution is 2.33. The quantitative estimate of drug-likeness (QED) is 0.799. The number of rotatable bonds is 3. The second-order valence-electron chi connectivity index (χ2n) is 5.08. The SMILES string of the molecule is CCNc1nc(N2CCc3sccc3C2)c2ccsc2n1. The van der Waals surface area contributed by atoms with Gasteiger partial charge in [0.15, 0.2) is 0 Å². The summed E-state index contributed by atoms with van der Waals surface area (Å²) in [6.45, 7) is 4.89. The molecule has 1 N–H and O–H groups in total. The molecule has 3 aromatic rings. The highest BCUT2D eigenvalue weighted by Gasteiger charge is 2.21. The van der Waals surface area contributed by atoms with Crippen molar-refractivity contribution in [2.75, 3.05) is 23.3 Å². The van der Waals surface area contributed by atoms with Crippen LogP contribution in [-0.4, -0.2) is 23.1 Å². The summed E-state index contributed by atoms with van der Waals surface area (Å²) in [6.07, 6.45) is 1.11. The molecule has 6 heteroatoms. The molecule has 0 aromatic carbocycles. The molecule has 0 aliphatic carbocycles. The average molecular weight is 316 g/mol. The van der Waals surface area contributed by atoms with Crippen molar-refractivity contribution >= 4 is 44.7 Å². The number of thiophene rings is 2. The van der Waals surface area contributed by atoms with Crippen LogP contribution in [0.15, 0.2) is 22.9 Å². The maximum Gasteiger partial charge on any atom is 0.226 e. The van der Waals surface area contributed by atoms with Gasteiger partial charge < -0.3 is 10.2 Å². The molecule has 4 nitrogen and oxygen atoms in total. The zero-order chi connectivity index (χ0) is 14.2. The molecule has 1 aliphatic rings. The molecular formula is C15H16N4S2. The maximum atomic E-state index is 4.76. The molecule has 0 fully saturated rings. The Balaban J connectivity index is 1.77. The van der Waals surface area contributed by atoms with Gasteiger partial charge in [-0.05, 0) is 41.8 Å². The number of aromatic nitrogens is 2. The third-order valence-electron chi connectivity index (χ3n) is 3.75. The van der Waals surface area contributed by atoms with Crippen LogP contribution in [0.3, 0.4) is 0 Å². The molecule has 3 aromatic heterocycles. The highest BCUT2D eigenvalue weighted by molar-refractivity contribution is 7.16. The Kier molecular flexibility index (Phi) is 3.27. The van der Waals surface area contributed by atoms with Gasteiger partial charge in [0.25, 0.3) is 0 Å². The Morgan fingerprint density at radius 1 is 1.24 bits per heavy atom. The smallest absolute Gasteiger partial charge is 0.226 e. The molecule has 0 atom stereocenters. The molecule has 0 spiro atoms. The Hall–Kier alpha value is -1.66. The molecule has 4 heterocycles. The molecule has 0 unspecified atom stereocenters. The summed E-state index contributed by atoms with van der Waals surface area (Å²) in [5.74, 6) is 1.80. The average Bonchev–Trinajstić information content (AvgIpc) is 3.14. The van der Waals surface area contributed by atoms with Crippen LogP contribution >= 0.6 is 22.7 Å². The van der Waals surface area contributed by atoms with Crippen molar-refractivity contribution in [2.24, 2.45) is 0 Å². The predicted molar refractivity (Wildman–Crippen MR) is 90.7 cm³/mol. The minimum absolute atomic E-state index is 0.735. The van der Waals surface area contributed by atoms with E-state index in [1.807, 2.05) is 11.3 Å². The molecule has 0 bridgehead atoms. The summed E-state index contributed by atoms with van der Waals surface area (Å²) in [7, 11) is 0. The van der Waals surface area contributed by atoms with E-state index in [0.29, 0.717) is 0 Å². The Labute approximate surface area is 131 Å². The zero-order valence-electron chi connectivity index (χ0n) is 11.8. The second-order valence-corrected chi connectivity index (χ2v) is 6.98. The lowest BCUT2D eigenvalue weighted by Gasteiger charge is -2.28. The highest BCUT2D eigenvalue weighted by atomic mass is 32.1. The lowest BCUT2D eigenvalue weighted by molar-refractivity contribution is 0.735. The minimum Gasteiger partial charge on any atom is -0.354 e. The number of nitrogens with one attached hydrogen (secondary N) is 1. The van der Waals surface area contributed by atoms with Crippen LogP contribution in [0.1, 0.15) is 17.4 Å². The third kappa shape index (κ3) is 2.28. The van der Waals surface area contributed by atoms with E-state index in [9.17, 15) is 0 Å². The topological polar surface area (TPSA) is 41.1 Å². The van der Waals surface area contributed by atoms with Gasteiger partial charge in [0.2, 0.25) is 5.95 Å². The first-order valence-corrected chi connectivity index (χ1v) is 8.90. The molecular weight excluding hydrogens is 300 g/mol. The maximum absolute atomic E-state index is 4.76. The van der Waals surface area contributed by atoms with Crippen molar-refractivity contribution in [1.82, 2.24) is 9.97 Å². The summed E-state index contributed by atoms with van der Waals surface area (Å²) in [5.41, 5.74) is 1.44. The van der Waals surface area contributed by atoms with Gasteiger partial charge in [-0.2, -0.15) is 4.98 Å². The zero-order valence-corrected chi connectivity index (χ0v) is 13.4. The molecule has 4 rings (SSSR count). The van der Waals surface area contributed by atoms with E-state index < -0.39 is 0 Å². The lowest BCUT2D eigenvalue weighted by Crippen LogP contribution is -2.30. The standard InChI is InChI=1S/C15H16N4S2/c1-2-16-15-17-13(11-5-8-21-14(11)18-15)19-6-3-12-10(9-19)4-7-20-12/h4-5,7-8H,2-3,6,9H2,1H3,(H,16,17,18). The molecule has 0 saturated heterocycles. The molecule has 21 heavy (non-hydrogen) atoms. The van der Waals surface area contributed by atoms with Crippen molar-refractivity contribution in [3.8, 4) is 0 Å². The van der Waals surface area contributed by atoms with E-state index in [2.05, 4.69) is 45.0 Å². The van der Waals surface area contributed by atoms with E-state index in [-0.39, 0.29) is 0 Å². The van der Waals surface area contributed by atoms with E-state index in [1.54, 1.807) is 11.3 Å². The van der Waals surface area contributed by atoms with Crippen molar-refractivity contribution in [3.63, 3.8) is 0 Å². The van der Waals surface area contributed by atoms with Crippen LogP contribution in [0, 0.1) is 0 Å². The van der Waals surface area contributed by atoms with Crippen LogP contribution in [0.2, 0.25) is 0 Å². The summed E-state index contributed by atoms with van der Waals surface area (Å²) in [6, 6.07) is 4.37. The summed E-state index contributed by atoms with van der Waals surface area (Å²) < 4.78 is 0. The fourth-order valence-corrected chi connectivity index (χ4v) is 4.40. The van der Waals surface area contributed by atoms with Crippen LogP contribution in [0.25, 0.3) is 10.2 Å². The van der Waals surface area contributed by atoms with Gasteiger partial charge in [-0.15, -0.1) is 22.7 Å². The van der Waals surface area contributed by atoms with Gasteiger partial charge in [0, 0.05) is 24.5 Å². The van der Waals surface area contributed by atoms with Gasteiger partial charge in [0.1, 0.15) is 10.6 Å². The minimum atomic E-state index is 0.735. The third-order valence-corrected chi connectivity index (χ3v) is 5.58. The lowest BCUT2D eigenvalue weighted by atomic mass is 10.1. The van der Waals surface area contributed by atoms with Gasteiger partial charge in [-0.3, -0.25) is 0 Å². The predicted octanol–water partition coefficient (Wildman–Crippen LogP) is 3.75. The number of fused-ring (bicyclic) bond motifs is 2. The second kappa shape index (κ2) is 5.27. The van der Waals surface area contributed by atoms with Crippen molar-refractivity contribution in [1.29, 1.82) is 0 Å². The van der Waals surface area contributed by atoms with Crippen LogP contribution in [0.5, 0.6) is 0 Å². The fourth-order valence-electron chi connectivity index (χ4n) is 2.75. The van der Waals surface area contributed by atoms with Gasteiger partial charge in [-0.1, -0.05) is 0 Å². The van der Waals surface area contributed by atoms with Gasteiger partial charge in [-0.25, -0.2) is 4.98 Å². The fraction of sp³-hybridized carbons (Fsp3) is 0.333. The largest absolute Gasteiger partial charge is 0.354 e. The van der Waals surface area contributed by atoms with Crippen LogP contribution in [-0.2, 0) is 13.0 Å². The molecule has 0 radical (unpaired) electrons. The Morgan fingerprint density at radius 3 is 3.05 bits per heavy atom. The molecule has 108 valence electrons. The van der Waals surface area contributed by atoms with E-state index in [0.717, 1.165) is 42.7 Å². The number of nitrogens with zero attached hydrogens (tertiary/aromatic N) is 3. The molecule has 0 amide bonds. The van der Waals surface area contributed by atoms with Crippen LogP contribution < -0.4 is 10.2 Å². The van der Waals surface area contributed by atoms with Crippen LogP contribution in [0.4, 0.5) is 11.8 Å². The van der Waals surface area contributed by atoms with Crippen molar-refractivity contribution < 1.29 is 0 Å². The Bertz CT molecular complexity index is 777. The summed E-state index contributed by atoms with van der Waals surface area (Å²) in [4.78, 5) is 14.3. The van der Waals surface area contributed by atoms with E-state index in [4.69, 9.17) is 4.98 Å². The Morgan fingerprint density at radius 2 is 2.14 bits per heavy atom. The first kappa shape index (κ1) is 13.0. The number of hydrogen-bond donors (Lipinski definition) is 1. The monoisotopic (exact) mass is 316 g/mol. The molecule has 0 saturated carbocycles. The van der Waals surface area contributed by atoms with E-state index in [1.165, 1.54) is 15.8 Å². The van der Waals surface area contributed by atoms with Gasteiger partial charge >= 0.3 is 0 Å². The van der Waals surface area contributed by atoms with Crippen molar-refractivity contribution in [2.45, 2.75) is 19.9 Å². The first-order valence-electron chi connectivity index (χ1n) is 7.14. The van der Waals surface area contributed by atoms with E-state index >= 15 is 0 Å². The number of anilines is 2. The summed E-state index contributed by atoms with van der Waals surface area (Å²) >= 11 is 3.55. The summed E-state index contributed by atoms with van der Waals surface area (Å²) in [5, 5.41) is 8.70. The first-order chi connectivity index (χ1) is 10.3. The molecule has 1 aliphatic heterocycles. The normalized spacial score (nSPS) is 14.4. The van der Waals surface area contributed by atoms with Gasteiger partial charge in [0.05, 0.1) is 5.39 Å².